The maximum Gasteiger partial charge on any atom is 0.313 e. The quantitative estimate of drug-likeness (QED) is 0.738. The molecule has 0 aliphatic carbocycles. The molecule has 1 N–H and O–H groups in total. The summed E-state index contributed by atoms with van der Waals surface area (Å²) in [5, 5.41) is 9.55. The van der Waals surface area contributed by atoms with Crippen LogP contribution in [0.2, 0.25) is 0 Å². The Kier molecular flexibility index (Phi) is 6.25. The zero-order valence-electron chi connectivity index (χ0n) is 11.3. The lowest BCUT2D eigenvalue weighted by molar-refractivity contribution is -0.133. The molecule has 102 valence electrons. The van der Waals surface area contributed by atoms with Gasteiger partial charge in [0.25, 0.3) is 0 Å². The van der Waals surface area contributed by atoms with Gasteiger partial charge in [0.1, 0.15) is 0 Å². The van der Waals surface area contributed by atoms with Gasteiger partial charge in [0, 0.05) is 18.4 Å². The predicted molar refractivity (Wildman–Crippen MR) is 74.0 cm³/mol. The Labute approximate surface area is 113 Å². The van der Waals surface area contributed by atoms with Crippen molar-refractivity contribution in [3.05, 3.63) is 11.9 Å². The molecule has 0 atom stereocenters. The molecule has 4 nitrogen and oxygen atoms in total. The third kappa shape index (κ3) is 4.72. The lowest BCUT2D eigenvalue weighted by atomic mass is 10.1. The molecule has 1 aromatic heterocycles. The van der Waals surface area contributed by atoms with Crippen molar-refractivity contribution in [1.29, 1.82) is 0 Å². The van der Waals surface area contributed by atoms with Crippen molar-refractivity contribution in [2.24, 2.45) is 5.92 Å². The van der Waals surface area contributed by atoms with Gasteiger partial charge in [-0.25, -0.2) is 4.98 Å². The molecule has 0 aromatic carbocycles. The van der Waals surface area contributed by atoms with Crippen molar-refractivity contribution in [2.75, 3.05) is 5.75 Å². The number of hydrogen-bond acceptors (Lipinski definition) is 3. The minimum Gasteiger partial charge on any atom is -0.481 e. The van der Waals surface area contributed by atoms with Gasteiger partial charge in [-0.05, 0) is 25.2 Å². The molecule has 1 aromatic rings. The van der Waals surface area contributed by atoms with E-state index in [2.05, 4.69) is 30.3 Å². The zero-order valence-corrected chi connectivity index (χ0v) is 12.2. The Bertz CT molecular complexity index is 388. The Morgan fingerprint density at radius 1 is 1.56 bits per heavy atom. The van der Waals surface area contributed by atoms with E-state index in [-0.39, 0.29) is 5.75 Å². The number of imidazole rings is 1. The summed E-state index contributed by atoms with van der Waals surface area (Å²) < 4.78 is 2.16. The van der Waals surface area contributed by atoms with Gasteiger partial charge in [-0.2, -0.15) is 0 Å². The molecule has 1 rings (SSSR count). The third-order valence-corrected chi connectivity index (χ3v) is 3.73. The number of hydrogen-bond donors (Lipinski definition) is 1. The molecule has 0 bridgehead atoms. The molecule has 0 saturated heterocycles. The van der Waals surface area contributed by atoms with Gasteiger partial charge in [0.2, 0.25) is 0 Å². The highest BCUT2D eigenvalue weighted by atomic mass is 32.2. The lowest BCUT2D eigenvalue weighted by Gasteiger charge is -2.11. The predicted octanol–water partition coefficient (Wildman–Crippen LogP) is 3.06. The van der Waals surface area contributed by atoms with Crippen molar-refractivity contribution in [1.82, 2.24) is 9.55 Å². The Balaban J connectivity index is 2.65. The van der Waals surface area contributed by atoms with Gasteiger partial charge in [-0.1, -0.05) is 32.5 Å². The van der Waals surface area contributed by atoms with Crippen LogP contribution in [0.3, 0.4) is 0 Å². The summed E-state index contributed by atoms with van der Waals surface area (Å²) in [4.78, 5) is 14.9. The van der Waals surface area contributed by atoms with E-state index < -0.39 is 5.97 Å². The minimum atomic E-state index is -0.797. The van der Waals surface area contributed by atoms with E-state index in [9.17, 15) is 4.79 Å². The standard InChI is InChI=1S/C13H22N2O2S/c1-4-11-8-14-13(18-9-12(16)17)15(11)7-5-6-10(2)3/h8,10H,4-7,9H2,1-3H3,(H,16,17). The smallest absolute Gasteiger partial charge is 0.313 e. The summed E-state index contributed by atoms with van der Waals surface area (Å²) >= 11 is 1.30. The summed E-state index contributed by atoms with van der Waals surface area (Å²) in [6, 6.07) is 0. The van der Waals surface area contributed by atoms with Crippen LogP contribution < -0.4 is 0 Å². The van der Waals surface area contributed by atoms with E-state index in [0.717, 1.165) is 24.5 Å². The van der Waals surface area contributed by atoms with E-state index in [1.807, 2.05) is 6.20 Å². The number of aromatic nitrogens is 2. The highest BCUT2D eigenvalue weighted by molar-refractivity contribution is 7.99. The van der Waals surface area contributed by atoms with Crippen LogP contribution in [0.1, 0.15) is 39.3 Å². The summed E-state index contributed by atoms with van der Waals surface area (Å²) in [5.74, 6) is -0.0202. The number of rotatable bonds is 8. The SMILES string of the molecule is CCc1cnc(SCC(=O)O)n1CCCC(C)C. The number of carboxylic acid groups (broad SMARTS) is 1. The Morgan fingerprint density at radius 2 is 2.28 bits per heavy atom. The van der Waals surface area contributed by atoms with Crippen LogP contribution in [0, 0.1) is 5.92 Å². The Hall–Kier alpha value is -0.970. The number of aliphatic carboxylic acids is 1. The van der Waals surface area contributed by atoms with Crippen LogP contribution in [0.4, 0.5) is 0 Å². The number of thioether (sulfide) groups is 1. The molecule has 0 amide bonds. The van der Waals surface area contributed by atoms with Gasteiger partial charge in [0.15, 0.2) is 5.16 Å². The average molecular weight is 270 g/mol. The summed E-state index contributed by atoms with van der Waals surface area (Å²) in [5.41, 5.74) is 1.19. The first-order valence-corrected chi connectivity index (χ1v) is 7.42. The molecule has 0 spiro atoms. The molecule has 0 fully saturated rings. The molecule has 0 aliphatic heterocycles. The van der Waals surface area contributed by atoms with Gasteiger partial charge in [-0.15, -0.1) is 0 Å². The average Bonchev–Trinajstić information content (AvgIpc) is 2.68. The fourth-order valence-electron chi connectivity index (χ4n) is 1.81. The second-order valence-electron chi connectivity index (χ2n) is 4.76. The van der Waals surface area contributed by atoms with Crippen LogP contribution in [0.5, 0.6) is 0 Å². The monoisotopic (exact) mass is 270 g/mol. The largest absolute Gasteiger partial charge is 0.481 e. The first-order valence-electron chi connectivity index (χ1n) is 6.43. The molecule has 18 heavy (non-hydrogen) atoms. The van der Waals surface area contributed by atoms with Gasteiger partial charge in [-0.3, -0.25) is 4.79 Å². The maximum absolute atomic E-state index is 10.6. The lowest BCUT2D eigenvalue weighted by Crippen LogP contribution is -2.07. The fourth-order valence-corrected chi connectivity index (χ4v) is 2.56. The summed E-state index contributed by atoms with van der Waals surface area (Å²) in [7, 11) is 0. The molecule has 0 aliphatic rings. The van der Waals surface area contributed by atoms with Crippen molar-refractivity contribution >= 4 is 17.7 Å². The maximum atomic E-state index is 10.6. The molecule has 1 heterocycles. The molecule has 5 heteroatoms. The highest BCUT2D eigenvalue weighted by Crippen LogP contribution is 2.20. The van der Waals surface area contributed by atoms with Crippen molar-refractivity contribution < 1.29 is 9.90 Å². The molecule has 0 radical (unpaired) electrons. The number of aryl methyl sites for hydroxylation is 1. The topological polar surface area (TPSA) is 55.1 Å². The molecular formula is C13H22N2O2S. The van der Waals surface area contributed by atoms with Gasteiger partial charge < -0.3 is 9.67 Å². The highest BCUT2D eigenvalue weighted by Gasteiger charge is 2.11. The van der Waals surface area contributed by atoms with Crippen LogP contribution in [0.25, 0.3) is 0 Å². The van der Waals surface area contributed by atoms with E-state index in [0.29, 0.717) is 5.92 Å². The van der Waals surface area contributed by atoms with E-state index in [4.69, 9.17) is 5.11 Å². The van der Waals surface area contributed by atoms with Crippen LogP contribution in [0.15, 0.2) is 11.4 Å². The molecule has 0 saturated carbocycles. The zero-order chi connectivity index (χ0) is 13.5. The molecule has 0 unspecified atom stereocenters. The van der Waals surface area contributed by atoms with E-state index in [1.54, 1.807) is 0 Å². The number of carboxylic acids is 1. The summed E-state index contributed by atoms with van der Waals surface area (Å²) in [6.07, 6.45) is 5.09. The van der Waals surface area contributed by atoms with Gasteiger partial charge in [0.05, 0.1) is 5.75 Å². The fraction of sp³-hybridized carbons (Fsp3) is 0.692. The Morgan fingerprint density at radius 3 is 2.83 bits per heavy atom. The number of carbonyl (C=O) groups is 1. The second kappa shape index (κ2) is 7.46. The second-order valence-corrected chi connectivity index (χ2v) is 5.70. The van der Waals surface area contributed by atoms with E-state index >= 15 is 0 Å². The van der Waals surface area contributed by atoms with Crippen LogP contribution >= 0.6 is 11.8 Å². The van der Waals surface area contributed by atoms with Crippen molar-refractivity contribution in [3.63, 3.8) is 0 Å². The van der Waals surface area contributed by atoms with Crippen LogP contribution in [-0.2, 0) is 17.8 Å². The van der Waals surface area contributed by atoms with E-state index in [1.165, 1.54) is 23.9 Å². The first-order chi connectivity index (χ1) is 8.54. The summed E-state index contributed by atoms with van der Waals surface area (Å²) in [6.45, 7) is 7.47. The van der Waals surface area contributed by atoms with Crippen molar-refractivity contribution in [3.8, 4) is 0 Å². The first kappa shape index (κ1) is 15.1. The van der Waals surface area contributed by atoms with Crippen molar-refractivity contribution in [2.45, 2.75) is 51.7 Å². The molecular weight excluding hydrogens is 248 g/mol. The van der Waals surface area contributed by atoms with Gasteiger partial charge >= 0.3 is 5.97 Å². The third-order valence-electron chi connectivity index (χ3n) is 2.75. The number of nitrogens with zero attached hydrogens (tertiary/aromatic N) is 2. The minimum absolute atomic E-state index is 0.0738. The normalized spacial score (nSPS) is 11.1. The van der Waals surface area contributed by atoms with Crippen LogP contribution in [-0.4, -0.2) is 26.4 Å².